The number of hydrogen-bond donors (Lipinski definition) is 2. The van der Waals surface area contributed by atoms with E-state index < -0.39 is 5.91 Å². The van der Waals surface area contributed by atoms with E-state index in [1.807, 2.05) is 0 Å². The zero-order valence-corrected chi connectivity index (χ0v) is 19.5. The van der Waals surface area contributed by atoms with E-state index in [9.17, 15) is 10.1 Å². The van der Waals surface area contributed by atoms with Crippen molar-refractivity contribution in [1.29, 1.82) is 5.26 Å². The molecular weight excluding hydrogens is 445 g/mol. The zero-order valence-electron chi connectivity index (χ0n) is 16.4. The maximum atomic E-state index is 12.5. The molecule has 1 aliphatic carbocycles. The molecular formula is C21H21Cl2N3OS2. The third-order valence-electron chi connectivity index (χ3n) is 5.23. The van der Waals surface area contributed by atoms with Crippen molar-refractivity contribution in [3.8, 4) is 6.07 Å². The fourth-order valence-corrected chi connectivity index (χ4v) is 5.55. The highest BCUT2D eigenvalue weighted by atomic mass is 35.5. The van der Waals surface area contributed by atoms with E-state index in [1.54, 1.807) is 23.5 Å². The molecule has 0 fully saturated rings. The lowest BCUT2D eigenvalue weighted by Gasteiger charge is -2.33. The van der Waals surface area contributed by atoms with Crippen molar-refractivity contribution < 1.29 is 4.79 Å². The molecule has 4 nitrogen and oxygen atoms in total. The molecule has 1 heterocycles. The van der Waals surface area contributed by atoms with Gasteiger partial charge in [0.15, 0.2) is 5.11 Å². The number of thiophene rings is 1. The standard InChI is InChI=1S/C21H21Cl2N3OS2/c1-21(2,3)11-4-6-13-15(10-24)19(29-17(13)8-11)26-20(28)25-18(27)14-7-5-12(22)9-16(14)23/h5,7,9,11H,4,6,8H2,1-3H3,(H2,25,26,27,28). The minimum atomic E-state index is -0.434. The molecule has 2 N–H and O–H groups in total. The van der Waals surface area contributed by atoms with Gasteiger partial charge in [-0.3, -0.25) is 10.1 Å². The molecule has 0 saturated carbocycles. The number of halogens is 2. The lowest BCUT2D eigenvalue weighted by molar-refractivity contribution is 0.0978. The highest BCUT2D eigenvalue weighted by molar-refractivity contribution is 7.80. The number of thiocarbonyl (C=S) groups is 1. The van der Waals surface area contributed by atoms with E-state index >= 15 is 0 Å². The van der Waals surface area contributed by atoms with Gasteiger partial charge in [0, 0.05) is 9.90 Å². The number of nitrogens with zero attached hydrogens (tertiary/aromatic N) is 1. The van der Waals surface area contributed by atoms with Crippen LogP contribution in [0.4, 0.5) is 5.00 Å². The highest BCUT2D eigenvalue weighted by Crippen LogP contribution is 2.43. The molecule has 152 valence electrons. The number of anilines is 1. The number of nitriles is 1. The first kappa shape index (κ1) is 22.0. The summed E-state index contributed by atoms with van der Waals surface area (Å²) < 4.78 is 0. The Balaban J connectivity index is 1.75. The van der Waals surface area contributed by atoms with Crippen LogP contribution in [0.5, 0.6) is 0 Å². The lowest BCUT2D eigenvalue weighted by atomic mass is 9.72. The van der Waals surface area contributed by atoms with Gasteiger partial charge in [0.2, 0.25) is 0 Å². The molecule has 1 amide bonds. The summed E-state index contributed by atoms with van der Waals surface area (Å²) in [6, 6.07) is 6.93. The molecule has 0 aliphatic heterocycles. The maximum Gasteiger partial charge on any atom is 0.258 e. The summed E-state index contributed by atoms with van der Waals surface area (Å²) in [5.41, 5.74) is 2.23. The van der Waals surface area contributed by atoms with Crippen molar-refractivity contribution in [2.75, 3.05) is 5.32 Å². The van der Waals surface area contributed by atoms with Crippen LogP contribution in [0, 0.1) is 22.7 Å². The molecule has 1 aromatic heterocycles. The summed E-state index contributed by atoms with van der Waals surface area (Å²) in [7, 11) is 0. The van der Waals surface area contributed by atoms with Crippen molar-refractivity contribution >= 4 is 62.8 Å². The molecule has 1 unspecified atom stereocenters. The molecule has 8 heteroatoms. The largest absolute Gasteiger partial charge is 0.323 e. The summed E-state index contributed by atoms with van der Waals surface area (Å²) in [6.45, 7) is 6.77. The van der Waals surface area contributed by atoms with Crippen LogP contribution < -0.4 is 10.6 Å². The Labute approximate surface area is 190 Å². The van der Waals surface area contributed by atoms with E-state index in [4.69, 9.17) is 35.4 Å². The molecule has 1 aliphatic rings. The first-order valence-corrected chi connectivity index (χ1v) is 11.2. The first-order valence-electron chi connectivity index (χ1n) is 9.22. The number of rotatable bonds is 2. The Morgan fingerprint density at radius 1 is 1.34 bits per heavy atom. The number of benzene rings is 1. The number of carbonyl (C=O) groups is 1. The third-order valence-corrected chi connectivity index (χ3v) is 7.15. The van der Waals surface area contributed by atoms with Gasteiger partial charge < -0.3 is 5.32 Å². The van der Waals surface area contributed by atoms with Crippen LogP contribution in [0.1, 0.15) is 53.6 Å². The molecule has 2 aromatic rings. The van der Waals surface area contributed by atoms with Gasteiger partial charge in [0.05, 0.1) is 16.1 Å². The Kier molecular flexibility index (Phi) is 6.54. The SMILES string of the molecule is CC(C)(C)C1CCc2c(sc(NC(=S)NC(=O)c3ccc(Cl)cc3Cl)c2C#N)C1. The van der Waals surface area contributed by atoms with E-state index in [1.165, 1.54) is 10.9 Å². The van der Waals surface area contributed by atoms with E-state index in [0.29, 0.717) is 21.5 Å². The van der Waals surface area contributed by atoms with Crippen LogP contribution in [0.25, 0.3) is 0 Å². The third kappa shape index (κ3) is 4.92. The molecule has 0 saturated heterocycles. The topological polar surface area (TPSA) is 64.9 Å². The van der Waals surface area contributed by atoms with Crippen molar-refractivity contribution in [2.45, 2.75) is 40.0 Å². The fraction of sp³-hybridized carbons (Fsp3) is 0.381. The predicted octanol–water partition coefficient (Wildman–Crippen LogP) is 6.20. The number of carbonyl (C=O) groups excluding carboxylic acids is 1. The van der Waals surface area contributed by atoms with Crippen LogP contribution in [-0.4, -0.2) is 11.0 Å². The van der Waals surface area contributed by atoms with Crippen molar-refractivity contribution in [3.63, 3.8) is 0 Å². The van der Waals surface area contributed by atoms with Gasteiger partial charge in [-0.1, -0.05) is 44.0 Å². The van der Waals surface area contributed by atoms with E-state index in [-0.39, 0.29) is 21.1 Å². The second-order valence-electron chi connectivity index (χ2n) is 8.16. The van der Waals surface area contributed by atoms with Gasteiger partial charge in [0.25, 0.3) is 5.91 Å². The minimum absolute atomic E-state index is 0.128. The van der Waals surface area contributed by atoms with Gasteiger partial charge in [-0.25, -0.2) is 0 Å². The number of fused-ring (bicyclic) bond motifs is 1. The van der Waals surface area contributed by atoms with Crippen LogP contribution in [-0.2, 0) is 12.8 Å². The Morgan fingerprint density at radius 3 is 2.69 bits per heavy atom. The van der Waals surface area contributed by atoms with E-state index in [2.05, 4.69) is 37.5 Å². The Hall–Kier alpha value is -1.65. The average molecular weight is 466 g/mol. The minimum Gasteiger partial charge on any atom is -0.323 e. The van der Waals surface area contributed by atoms with Crippen LogP contribution in [0.15, 0.2) is 18.2 Å². The van der Waals surface area contributed by atoms with Gasteiger partial charge >= 0.3 is 0 Å². The quantitative estimate of drug-likeness (QED) is 0.517. The zero-order chi connectivity index (χ0) is 21.3. The number of hydrogen-bond acceptors (Lipinski definition) is 4. The van der Waals surface area contributed by atoms with Crippen LogP contribution >= 0.6 is 46.8 Å². The average Bonchev–Trinajstić information content (AvgIpc) is 2.96. The fourth-order valence-electron chi connectivity index (χ4n) is 3.51. The van der Waals surface area contributed by atoms with Gasteiger partial charge in [-0.15, -0.1) is 11.3 Å². The van der Waals surface area contributed by atoms with Crippen molar-refractivity contribution in [1.82, 2.24) is 5.32 Å². The van der Waals surface area contributed by atoms with E-state index in [0.717, 1.165) is 24.8 Å². The Morgan fingerprint density at radius 2 is 2.07 bits per heavy atom. The van der Waals surface area contributed by atoms with Gasteiger partial charge in [-0.05, 0) is 66.6 Å². The summed E-state index contributed by atoms with van der Waals surface area (Å²) in [5.74, 6) is 0.142. The highest BCUT2D eigenvalue weighted by Gasteiger charge is 2.32. The second kappa shape index (κ2) is 8.61. The second-order valence-corrected chi connectivity index (χ2v) is 10.5. The van der Waals surface area contributed by atoms with Gasteiger partial charge in [-0.2, -0.15) is 5.26 Å². The first-order chi connectivity index (χ1) is 13.6. The molecule has 1 aromatic carbocycles. The van der Waals surface area contributed by atoms with Crippen LogP contribution in [0.2, 0.25) is 10.0 Å². The number of nitrogens with one attached hydrogen (secondary N) is 2. The van der Waals surface area contributed by atoms with Crippen molar-refractivity contribution in [2.24, 2.45) is 11.3 Å². The predicted molar refractivity (Wildman–Crippen MR) is 124 cm³/mol. The molecule has 29 heavy (non-hydrogen) atoms. The maximum absolute atomic E-state index is 12.5. The molecule has 3 rings (SSSR count). The molecule has 1 atom stereocenters. The number of amides is 1. The summed E-state index contributed by atoms with van der Waals surface area (Å²) in [6.07, 6.45) is 2.91. The molecule has 0 bridgehead atoms. The van der Waals surface area contributed by atoms with Crippen LogP contribution in [0.3, 0.4) is 0 Å². The Bertz CT molecular complexity index is 1020. The van der Waals surface area contributed by atoms with Crippen molar-refractivity contribution in [3.05, 3.63) is 49.8 Å². The molecule has 0 spiro atoms. The molecule has 0 radical (unpaired) electrons. The smallest absolute Gasteiger partial charge is 0.258 e. The summed E-state index contributed by atoms with van der Waals surface area (Å²) >= 11 is 18.8. The monoisotopic (exact) mass is 465 g/mol. The lowest BCUT2D eigenvalue weighted by Crippen LogP contribution is -2.34. The summed E-state index contributed by atoms with van der Waals surface area (Å²) in [4.78, 5) is 13.7. The summed E-state index contributed by atoms with van der Waals surface area (Å²) in [5, 5.41) is 16.8. The van der Waals surface area contributed by atoms with Gasteiger partial charge in [0.1, 0.15) is 11.1 Å². The normalized spacial score (nSPS) is 15.9.